The molecule has 0 unspecified atom stereocenters. The zero-order chi connectivity index (χ0) is 19.1. The number of aryl methyl sites for hydroxylation is 1. The van der Waals surface area contributed by atoms with Gasteiger partial charge in [-0.3, -0.25) is 9.69 Å². The number of nitrogens with zero attached hydrogens (tertiary/aromatic N) is 2. The van der Waals surface area contributed by atoms with Crippen LogP contribution in [-0.2, 0) is 17.8 Å². The van der Waals surface area contributed by atoms with E-state index in [0.29, 0.717) is 19.5 Å². The van der Waals surface area contributed by atoms with Gasteiger partial charge in [0.2, 0.25) is 0 Å². The van der Waals surface area contributed by atoms with E-state index in [0.717, 1.165) is 32.4 Å². The van der Waals surface area contributed by atoms with Crippen molar-refractivity contribution >= 4 is 5.91 Å². The molecular weight excluding hydrogens is 336 g/mol. The first-order valence-electron chi connectivity index (χ1n) is 9.85. The van der Waals surface area contributed by atoms with Crippen molar-refractivity contribution in [2.24, 2.45) is 0 Å². The summed E-state index contributed by atoms with van der Waals surface area (Å²) in [4.78, 5) is 16.8. The van der Waals surface area contributed by atoms with Crippen LogP contribution in [0.15, 0.2) is 60.7 Å². The highest BCUT2D eigenvalue weighted by atomic mass is 16.3. The number of hydrogen-bond donors (Lipinski definition) is 1. The lowest BCUT2D eigenvalue weighted by atomic mass is 9.90. The van der Waals surface area contributed by atoms with Crippen molar-refractivity contribution in [1.29, 1.82) is 0 Å². The standard InChI is InChI=1S/C23H30N2O2/c1-24(18-21-12-6-3-7-13-21)19-23(27)15-9-17-25(22(23)26)16-8-14-20-10-4-2-5-11-20/h2-7,10-13,27H,8-9,14-19H2,1H3/t23-/m1/s1. The van der Waals surface area contributed by atoms with Crippen molar-refractivity contribution in [2.45, 2.75) is 37.8 Å². The number of rotatable bonds is 8. The number of likely N-dealkylation sites (tertiary alicyclic amines) is 1. The van der Waals surface area contributed by atoms with Crippen LogP contribution in [0, 0.1) is 0 Å². The lowest BCUT2D eigenvalue weighted by molar-refractivity contribution is -0.159. The van der Waals surface area contributed by atoms with Crippen molar-refractivity contribution in [1.82, 2.24) is 9.80 Å². The summed E-state index contributed by atoms with van der Waals surface area (Å²) in [5.41, 5.74) is 1.21. The maximum absolute atomic E-state index is 12.9. The Morgan fingerprint density at radius 2 is 1.67 bits per heavy atom. The van der Waals surface area contributed by atoms with Crippen LogP contribution in [0.1, 0.15) is 30.4 Å². The zero-order valence-electron chi connectivity index (χ0n) is 16.2. The lowest BCUT2D eigenvalue weighted by Gasteiger charge is -2.40. The molecule has 1 aliphatic rings. The summed E-state index contributed by atoms with van der Waals surface area (Å²) in [7, 11) is 1.96. The van der Waals surface area contributed by atoms with Crippen LogP contribution < -0.4 is 0 Å². The van der Waals surface area contributed by atoms with Crippen molar-refractivity contribution < 1.29 is 9.90 Å². The largest absolute Gasteiger partial charge is 0.379 e. The second-order valence-electron chi connectivity index (χ2n) is 7.67. The second kappa shape index (κ2) is 9.16. The van der Waals surface area contributed by atoms with Crippen molar-refractivity contribution in [3.63, 3.8) is 0 Å². The van der Waals surface area contributed by atoms with Crippen LogP contribution in [0.2, 0.25) is 0 Å². The summed E-state index contributed by atoms with van der Waals surface area (Å²) < 4.78 is 0. The van der Waals surface area contributed by atoms with Crippen LogP contribution in [0.5, 0.6) is 0 Å². The third-order valence-electron chi connectivity index (χ3n) is 5.27. The molecule has 0 spiro atoms. The Balaban J connectivity index is 1.53. The van der Waals surface area contributed by atoms with Gasteiger partial charge < -0.3 is 10.0 Å². The third-order valence-corrected chi connectivity index (χ3v) is 5.27. The zero-order valence-corrected chi connectivity index (χ0v) is 16.2. The molecule has 0 saturated carbocycles. The predicted octanol–water partition coefficient (Wildman–Crippen LogP) is 3.10. The highest BCUT2D eigenvalue weighted by molar-refractivity contribution is 5.86. The fourth-order valence-corrected chi connectivity index (χ4v) is 3.94. The fourth-order valence-electron chi connectivity index (χ4n) is 3.94. The minimum Gasteiger partial charge on any atom is -0.379 e. The molecule has 1 heterocycles. The van der Waals surface area contributed by atoms with Gasteiger partial charge in [0.25, 0.3) is 5.91 Å². The lowest BCUT2D eigenvalue weighted by Crippen LogP contribution is -2.58. The highest BCUT2D eigenvalue weighted by Crippen LogP contribution is 2.24. The Hall–Kier alpha value is -2.17. The third kappa shape index (κ3) is 5.41. The smallest absolute Gasteiger partial charge is 0.255 e. The molecular formula is C23H30N2O2. The molecule has 1 atom stereocenters. The molecule has 1 amide bonds. The van der Waals surface area contributed by atoms with E-state index in [9.17, 15) is 9.90 Å². The molecule has 0 aromatic heterocycles. The first-order chi connectivity index (χ1) is 13.1. The van der Waals surface area contributed by atoms with Gasteiger partial charge in [0.15, 0.2) is 5.60 Å². The summed E-state index contributed by atoms with van der Waals surface area (Å²) in [5.74, 6) is -0.110. The molecule has 1 aliphatic heterocycles. The molecule has 1 N–H and O–H groups in total. The SMILES string of the molecule is CN(Cc1ccccc1)C[C@]1(O)CCCN(CCCc2ccccc2)C1=O. The topological polar surface area (TPSA) is 43.8 Å². The molecule has 0 radical (unpaired) electrons. The summed E-state index contributed by atoms with van der Waals surface area (Å²) in [6, 6.07) is 20.5. The quantitative estimate of drug-likeness (QED) is 0.781. The van der Waals surface area contributed by atoms with Crippen LogP contribution >= 0.6 is 0 Å². The van der Waals surface area contributed by atoms with Gasteiger partial charge in [0.1, 0.15) is 0 Å². The molecule has 0 aliphatic carbocycles. The maximum atomic E-state index is 12.9. The Kier molecular flexibility index (Phi) is 6.64. The average molecular weight is 367 g/mol. The Bertz CT molecular complexity index is 720. The van der Waals surface area contributed by atoms with Crippen LogP contribution in [0.3, 0.4) is 0 Å². The van der Waals surface area contributed by atoms with Gasteiger partial charge in [-0.1, -0.05) is 60.7 Å². The second-order valence-corrected chi connectivity index (χ2v) is 7.67. The van der Waals surface area contributed by atoms with Gasteiger partial charge in [-0.05, 0) is 43.9 Å². The molecule has 1 saturated heterocycles. The van der Waals surface area contributed by atoms with E-state index in [1.807, 2.05) is 53.2 Å². The number of carbonyl (C=O) groups excluding carboxylic acids is 1. The molecule has 27 heavy (non-hydrogen) atoms. The van der Waals surface area contributed by atoms with Gasteiger partial charge in [-0.2, -0.15) is 0 Å². The molecule has 4 heteroatoms. The van der Waals surface area contributed by atoms with Gasteiger partial charge in [-0.15, -0.1) is 0 Å². The van der Waals surface area contributed by atoms with Crippen molar-refractivity contribution in [3.05, 3.63) is 71.8 Å². The summed E-state index contributed by atoms with van der Waals surface area (Å²) in [5, 5.41) is 11.0. The minimum absolute atomic E-state index is 0.110. The average Bonchev–Trinajstić information content (AvgIpc) is 2.67. The molecule has 2 aromatic rings. The summed E-state index contributed by atoms with van der Waals surface area (Å²) in [6.45, 7) is 2.55. The van der Waals surface area contributed by atoms with Crippen LogP contribution in [0.4, 0.5) is 0 Å². The van der Waals surface area contributed by atoms with E-state index in [-0.39, 0.29) is 5.91 Å². The number of amides is 1. The normalized spacial score (nSPS) is 20.3. The summed E-state index contributed by atoms with van der Waals surface area (Å²) >= 11 is 0. The predicted molar refractivity (Wildman–Crippen MR) is 108 cm³/mol. The van der Waals surface area contributed by atoms with E-state index < -0.39 is 5.60 Å². The number of benzene rings is 2. The monoisotopic (exact) mass is 366 g/mol. The number of likely N-dealkylation sites (N-methyl/N-ethyl adjacent to an activating group) is 1. The number of carbonyl (C=O) groups is 1. The highest BCUT2D eigenvalue weighted by Gasteiger charge is 2.42. The van der Waals surface area contributed by atoms with Gasteiger partial charge in [0, 0.05) is 26.2 Å². The van der Waals surface area contributed by atoms with E-state index in [2.05, 4.69) is 24.3 Å². The Labute approximate surface area is 162 Å². The van der Waals surface area contributed by atoms with E-state index in [1.54, 1.807) is 0 Å². The Morgan fingerprint density at radius 1 is 1.04 bits per heavy atom. The van der Waals surface area contributed by atoms with E-state index >= 15 is 0 Å². The van der Waals surface area contributed by atoms with Crippen molar-refractivity contribution in [2.75, 3.05) is 26.7 Å². The fraction of sp³-hybridized carbons (Fsp3) is 0.435. The molecule has 0 bridgehead atoms. The van der Waals surface area contributed by atoms with Crippen LogP contribution in [0.25, 0.3) is 0 Å². The number of hydrogen-bond acceptors (Lipinski definition) is 3. The molecule has 1 fully saturated rings. The van der Waals surface area contributed by atoms with Gasteiger partial charge in [-0.25, -0.2) is 0 Å². The van der Waals surface area contributed by atoms with E-state index in [1.165, 1.54) is 11.1 Å². The summed E-state index contributed by atoms with van der Waals surface area (Å²) in [6.07, 6.45) is 3.27. The van der Waals surface area contributed by atoms with Crippen molar-refractivity contribution in [3.8, 4) is 0 Å². The molecule has 3 rings (SSSR count). The van der Waals surface area contributed by atoms with E-state index in [4.69, 9.17) is 0 Å². The van der Waals surface area contributed by atoms with Gasteiger partial charge >= 0.3 is 0 Å². The number of aliphatic hydroxyl groups is 1. The Morgan fingerprint density at radius 3 is 2.33 bits per heavy atom. The first kappa shape index (κ1) is 19.6. The molecule has 4 nitrogen and oxygen atoms in total. The molecule has 144 valence electrons. The van der Waals surface area contributed by atoms with Crippen LogP contribution in [-0.4, -0.2) is 53.1 Å². The maximum Gasteiger partial charge on any atom is 0.255 e. The van der Waals surface area contributed by atoms with Gasteiger partial charge in [0.05, 0.1) is 0 Å². The number of piperidine rings is 1. The molecule has 2 aromatic carbocycles. The minimum atomic E-state index is -1.27. The first-order valence-corrected chi connectivity index (χ1v) is 9.85.